The zero-order chi connectivity index (χ0) is 13.1. The van der Waals surface area contributed by atoms with E-state index >= 15 is 0 Å². The van der Waals surface area contributed by atoms with E-state index in [-0.39, 0.29) is 11.9 Å². The van der Waals surface area contributed by atoms with E-state index < -0.39 is 0 Å². The Bertz CT molecular complexity index is 542. The smallest absolute Gasteiger partial charge is 0.244 e. The highest BCUT2D eigenvalue weighted by Crippen LogP contribution is 2.08. The second-order valence-electron chi connectivity index (χ2n) is 4.26. The minimum atomic E-state index is -0.312. The van der Waals surface area contributed by atoms with E-state index in [0.29, 0.717) is 6.54 Å². The number of hydrogen-bond donors (Lipinski definition) is 1. The van der Waals surface area contributed by atoms with E-state index in [2.05, 4.69) is 15.5 Å². The lowest BCUT2D eigenvalue weighted by Gasteiger charge is -2.14. The monoisotopic (exact) mass is 247 g/mol. The predicted octanol–water partition coefficient (Wildman–Crippen LogP) is 0.802. The minimum absolute atomic E-state index is 0.0528. The summed E-state index contributed by atoms with van der Waals surface area (Å²) >= 11 is 0. The normalized spacial score (nSPS) is 12.4. The Morgan fingerprint density at radius 1 is 1.39 bits per heavy atom. The molecule has 1 N–H and O–H groups in total. The van der Waals surface area contributed by atoms with Gasteiger partial charge in [0.25, 0.3) is 0 Å². The largest absolute Gasteiger partial charge is 0.349 e. The first-order valence-electron chi connectivity index (χ1n) is 5.84. The van der Waals surface area contributed by atoms with E-state index in [1.807, 2.05) is 33.0 Å². The van der Waals surface area contributed by atoms with Gasteiger partial charge in [-0.05, 0) is 26.0 Å². The van der Waals surface area contributed by atoms with Crippen molar-refractivity contribution >= 4 is 5.91 Å². The molecule has 0 radical (unpaired) electrons. The van der Waals surface area contributed by atoms with Crippen LogP contribution in [0.25, 0.3) is 0 Å². The summed E-state index contributed by atoms with van der Waals surface area (Å²) in [6.45, 7) is 4.23. The number of rotatable bonds is 4. The SMILES string of the molecule is Cc1ccnn1C(C)C(=O)NCc1ccnn1C. The van der Waals surface area contributed by atoms with Crippen LogP contribution in [-0.2, 0) is 18.4 Å². The molecule has 0 fully saturated rings. The third-order valence-corrected chi connectivity index (χ3v) is 2.98. The Hall–Kier alpha value is -2.11. The average molecular weight is 247 g/mol. The fraction of sp³-hybridized carbons (Fsp3) is 0.417. The first-order chi connectivity index (χ1) is 8.59. The van der Waals surface area contributed by atoms with Crippen molar-refractivity contribution in [1.82, 2.24) is 24.9 Å². The molecule has 0 aliphatic rings. The molecule has 6 heteroatoms. The summed E-state index contributed by atoms with van der Waals surface area (Å²) in [7, 11) is 1.85. The molecule has 1 amide bonds. The number of hydrogen-bond acceptors (Lipinski definition) is 3. The Morgan fingerprint density at radius 2 is 2.11 bits per heavy atom. The van der Waals surface area contributed by atoms with Crippen LogP contribution in [0.3, 0.4) is 0 Å². The van der Waals surface area contributed by atoms with E-state index in [4.69, 9.17) is 0 Å². The van der Waals surface area contributed by atoms with Gasteiger partial charge in [-0.3, -0.25) is 14.2 Å². The van der Waals surface area contributed by atoms with Gasteiger partial charge < -0.3 is 5.32 Å². The summed E-state index contributed by atoms with van der Waals surface area (Å²) < 4.78 is 3.45. The highest BCUT2D eigenvalue weighted by molar-refractivity contribution is 5.79. The van der Waals surface area contributed by atoms with Crippen molar-refractivity contribution in [3.8, 4) is 0 Å². The van der Waals surface area contributed by atoms with Gasteiger partial charge in [0.15, 0.2) is 0 Å². The van der Waals surface area contributed by atoms with Crippen LogP contribution in [-0.4, -0.2) is 25.5 Å². The maximum Gasteiger partial charge on any atom is 0.244 e. The first kappa shape index (κ1) is 12.3. The molecule has 0 aromatic carbocycles. The number of amides is 1. The van der Waals surface area contributed by atoms with E-state index in [1.54, 1.807) is 21.8 Å². The second-order valence-corrected chi connectivity index (χ2v) is 4.26. The van der Waals surface area contributed by atoms with Crippen molar-refractivity contribution in [2.75, 3.05) is 0 Å². The molecule has 96 valence electrons. The second kappa shape index (κ2) is 5.03. The van der Waals surface area contributed by atoms with Gasteiger partial charge in [0.1, 0.15) is 6.04 Å². The molecule has 0 bridgehead atoms. The third kappa shape index (κ3) is 2.42. The van der Waals surface area contributed by atoms with E-state index in [1.165, 1.54) is 0 Å². The summed E-state index contributed by atoms with van der Waals surface area (Å²) in [4.78, 5) is 12.0. The Kier molecular flexibility index (Phi) is 3.45. The topological polar surface area (TPSA) is 64.7 Å². The minimum Gasteiger partial charge on any atom is -0.349 e. The Labute approximate surface area is 106 Å². The van der Waals surface area contributed by atoms with Crippen molar-refractivity contribution in [1.29, 1.82) is 0 Å². The highest BCUT2D eigenvalue weighted by atomic mass is 16.2. The number of aryl methyl sites for hydroxylation is 2. The zero-order valence-electron chi connectivity index (χ0n) is 10.8. The molecule has 2 aromatic heterocycles. The van der Waals surface area contributed by atoms with Gasteiger partial charge in [-0.15, -0.1) is 0 Å². The van der Waals surface area contributed by atoms with Crippen LogP contribution < -0.4 is 5.32 Å². The fourth-order valence-electron chi connectivity index (χ4n) is 1.80. The van der Waals surface area contributed by atoms with Gasteiger partial charge in [-0.25, -0.2) is 0 Å². The van der Waals surface area contributed by atoms with Crippen molar-refractivity contribution in [3.63, 3.8) is 0 Å². The molecule has 1 unspecified atom stereocenters. The van der Waals surface area contributed by atoms with Crippen molar-refractivity contribution in [2.45, 2.75) is 26.4 Å². The van der Waals surface area contributed by atoms with Gasteiger partial charge in [-0.2, -0.15) is 10.2 Å². The van der Waals surface area contributed by atoms with Crippen LogP contribution in [0, 0.1) is 6.92 Å². The Balaban J connectivity index is 1.97. The quantitative estimate of drug-likeness (QED) is 0.869. The van der Waals surface area contributed by atoms with Crippen molar-refractivity contribution in [3.05, 3.63) is 35.9 Å². The molecule has 0 spiro atoms. The molecule has 0 aliphatic heterocycles. The number of nitrogens with one attached hydrogen (secondary N) is 1. The molecular weight excluding hydrogens is 230 g/mol. The molecule has 2 aromatic rings. The van der Waals surface area contributed by atoms with Crippen molar-refractivity contribution < 1.29 is 4.79 Å². The zero-order valence-corrected chi connectivity index (χ0v) is 10.8. The van der Waals surface area contributed by atoms with Crippen LogP contribution in [0.2, 0.25) is 0 Å². The van der Waals surface area contributed by atoms with Crippen LogP contribution in [0.1, 0.15) is 24.4 Å². The number of nitrogens with zero attached hydrogens (tertiary/aromatic N) is 4. The number of carbonyl (C=O) groups is 1. The molecule has 0 saturated carbocycles. The van der Waals surface area contributed by atoms with Gasteiger partial charge >= 0.3 is 0 Å². The van der Waals surface area contributed by atoms with Crippen LogP contribution in [0.5, 0.6) is 0 Å². The van der Waals surface area contributed by atoms with Gasteiger partial charge in [0.2, 0.25) is 5.91 Å². The molecule has 2 heterocycles. The van der Waals surface area contributed by atoms with Gasteiger partial charge in [-0.1, -0.05) is 0 Å². The van der Waals surface area contributed by atoms with Crippen molar-refractivity contribution in [2.24, 2.45) is 7.05 Å². The Morgan fingerprint density at radius 3 is 2.67 bits per heavy atom. The summed E-state index contributed by atoms with van der Waals surface area (Å²) in [5, 5.41) is 11.1. The molecule has 0 aliphatic carbocycles. The van der Waals surface area contributed by atoms with Gasteiger partial charge in [0.05, 0.1) is 12.2 Å². The lowest BCUT2D eigenvalue weighted by atomic mass is 10.3. The van der Waals surface area contributed by atoms with Crippen LogP contribution >= 0.6 is 0 Å². The summed E-state index contributed by atoms with van der Waals surface area (Å²) in [5.74, 6) is -0.0528. The predicted molar refractivity (Wildman–Crippen MR) is 66.7 cm³/mol. The number of aromatic nitrogens is 4. The molecule has 1 atom stereocenters. The van der Waals surface area contributed by atoms with Crippen LogP contribution in [0.15, 0.2) is 24.5 Å². The van der Waals surface area contributed by atoms with E-state index in [9.17, 15) is 4.79 Å². The number of carbonyl (C=O) groups excluding carboxylic acids is 1. The van der Waals surface area contributed by atoms with E-state index in [0.717, 1.165) is 11.4 Å². The fourth-order valence-corrected chi connectivity index (χ4v) is 1.80. The average Bonchev–Trinajstić information content (AvgIpc) is 2.94. The highest BCUT2D eigenvalue weighted by Gasteiger charge is 2.16. The summed E-state index contributed by atoms with van der Waals surface area (Å²) in [6.07, 6.45) is 3.41. The molecule has 18 heavy (non-hydrogen) atoms. The summed E-state index contributed by atoms with van der Waals surface area (Å²) in [5.41, 5.74) is 1.94. The first-order valence-corrected chi connectivity index (χ1v) is 5.84. The molecule has 2 rings (SSSR count). The molecule has 0 saturated heterocycles. The van der Waals surface area contributed by atoms with Gasteiger partial charge in [0, 0.05) is 25.1 Å². The lowest BCUT2D eigenvalue weighted by molar-refractivity contribution is -0.124. The van der Waals surface area contributed by atoms with Crippen LogP contribution in [0.4, 0.5) is 0 Å². The summed E-state index contributed by atoms with van der Waals surface area (Å²) in [6, 6.07) is 3.45. The molecular formula is C12H17N5O. The maximum atomic E-state index is 12.0. The lowest BCUT2D eigenvalue weighted by Crippen LogP contribution is -2.32. The maximum absolute atomic E-state index is 12.0. The standard InChI is InChI=1S/C12H17N5O/c1-9-4-6-15-17(9)10(2)12(18)13-8-11-5-7-14-16(11)3/h4-7,10H,8H2,1-3H3,(H,13,18). The third-order valence-electron chi connectivity index (χ3n) is 2.98. The molecule has 6 nitrogen and oxygen atoms in total.